The molecule has 96 valence electrons. The minimum Gasteiger partial charge on any atom is -0.296 e. The standard InChI is InChI=1S/C14H24N2S/c1-11(2)16-14(9-15,12-7-8-12)10-17-13-5-3-4-6-13/h11-13,16H,3-8,10H2,1-2H3. The lowest BCUT2D eigenvalue weighted by Gasteiger charge is -2.31. The quantitative estimate of drug-likeness (QED) is 0.787. The highest BCUT2D eigenvalue weighted by Crippen LogP contribution is 2.43. The van der Waals surface area contributed by atoms with Crippen LogP contribution in [0.2, 0.25) is 0 Å². The van der Waals surface area contributed by atoms with Crippen molar-refractivity contribution in [1.29, 1.82) is 5.26 Å². The average molecular weight is 252 g/mol. The molecule has 0 saturated heterocycles. The fourth-order valence-electron chi connectivity index (χ4n) is 2.83. The monoisotopic (exact) mass is 252 g/mol. The van der Waals surface area contributed by atoms with Gasteiger partial charge in [0, 0.05) is 17.0 Å². The largest absolute Gasteiger partial charge is 0.296 e. The maximum absolute atomic E-state index is 9.58. The molecule has 0 aliphatic heterocycles. The van der Waals surface area contributed by atoms with Crippen molar-refractivity contribution in [3.05, 3.63) is 0 Å². The van der Waals surface area contributed by atoms with Crippen LogP contribution < -0.4 is 5.32 Å². The van der Waals surface area contributed by atoms with E-state index in [1.54, 1.807) is 0 Å². The zero-order valence-electron chi connectivity index (χ0n) is 11.0. The van der Waals surface area contributed by atoms with Crippen LogP contribution in [0.3, 0.4) is 0 Å². The summed E-state index contributed by atoms with van der Waals surface area (Å²) < 4.78 is 0. The van der Waals surface area contributed by atoms with Crippen LogP contribution in [0.5, 0.6) is 0 Å². The van der Waals surface area contributed by atoms with Crippen LogP contribution in [0, 0.1) is 17.2 Å². The molecule has 0 bridgehead atoms. The number of nitrogens with one attached hydrogen (secondary N) is 1. The van der Waals surface area contributed by atoms with E-state index in [-0.39, 0.29) is 5.54 Å². The van der Waals surface area contributed by atoms with E-state index in [4.69, 9.17) is 0 Å². The molecule has 0 radical (unpaired) electrons. The Hall–Kier alpha value is -0.200. The average Bonchev–Trinajstić information content (AvgIpc) is 3.02. The van der Waals surface area contributed by atoms with Crippen LogP contribution in [0.25, 0.3) is 0 Å². The molecule has 2 nitrogen and oxygen atoms in total. The van der Waals surface area contributed by atoms with Crippen LogP contribution in [0.1, 0.15) is 52.4 Å². The van der Waals surface area contributed by atoms with Gasteiger partial charge in [0.25, 0.3) is 0 Å². The van der Waals surface area contributed by atoms with E-state index in [0.29, 0.717) is 12.0 Å². The van der Waals surface area contributed by atoms with E-state index >= 15 is 0 Å². The Balaban J connectivity index is 1.92. The molecule has 0 amide bonds. The van der Waals surface area contributed by atoms with Gasteiger partial charge < -0.3 is 0 Å². The van der Waals surface area contributed by atoms with E-state index in [1.807, 2.05) is 11.8 Å². The second-order valence-corrected chi connectivity index (χ2v) is 7.16. The molecular weight excluding hydrogens is 228 g/mol. The summed E-state index contributed by atoms with van der Waals surface area (Å²) in [7, 11) is 0. The summed E-state index contributed by atoms with van der Waals surface area (Å²) in [5.74, 6) is 1.58. The van der Waals surface area contributed by atoms with Gasteiger partial charge in [-0.2, -0.15) is 17.0 Å². The minimum atomic E-state index is -0.249. The van der Waals surface area contributed by atoms with Crippen molar-refractivity contribution in [1.82, 2.24) is 5.32 Å². The van der Waals surface area contributed by atoms with E-state index in [0.717, 1.165) is 11.0 Å². The molecule has 2 aliphatic carbocycles. The fourth-order valence-corrected chi connectivity index (χ4v) is 4.38. The Morgan fingerprint density at radius 2 is 1.94 bits per heavy atom. The highest BCUT2D eigenvalue weighted by Gasteiger charge is 2.46. The van der Waals surface area contributed by atoms with Gasteiger partial charge in [-0.1, -0.05) is 12.8 Å². The normalized spacial score (nSPS) is 24.8. The van der Waals surface area contributed by atoms with Gasteiger partial charge >= 0.3 is 0 Å². The lowest BCUT2D eigenvalue weighted by Crippen LogP contribution is -2.51. The summed E-state index contributed by atoms with van der Waals surface area (Å²) in [6.07, 6.45) is 7.96. The molecule has 0 aromatic rings. The van der Waals surface area contributed by atoms with Gasteiger partial charge in [0.15, 0.2) is 0 Å². The summed E-state index contributed by atoms with van der Waals surface area (Å²) in [4.78, 5) is 0. The predicted molar refractivity (Wildman–Crippen MR) is 74.1 cm³/mol. The third-order valence-corrected chi connectivity index (χ3v) is 5.43. The van der Waals surface area contributed by atoms with Crippen molar-refractivity contribution in [2.75, 3.05) is 5.75 Å². The zero-order valence-corrected chi connectivity index (χ0v) is 11.9. The van der Waals surface area contributed by atoms with Crippen molar-refractivity contribution in [3.63, 3.8) is 0 Å². The van der Waals surface area contributed by atoms with Gasteiger partial charge in [0.05, 0.1) is 6.07 Å². The first-order valence-corrected chi connectivity index (χ1v) is 8.02. The van der Waals surface area contributed by atoms with E-state index in [1.165, 1.54) is 38.5 Å². The summed E-state index contributed by atoms with van der Waals surface area (Å²) >= 11 is 2.04. The third-order valence-electron chi connectivity index (χ3n) is 3.87. The Bertz CT molecular complexity index is 287. The van der Waals surface area contributed by atoms with Crippen LogP contribution in [-0.4, -0.2) is 22.6 Å². The number of nitriles is 1. The molecule has 0 spiro atoms. The van der Waals surface area contributed by atoms with Crippen molar-refractivity contribution in [2.24, 2.45) is 5.92 Å². The molecular formula is C14H24N2S. The number of hydrogen-bond donors (Lipinski definition) is 1. The minimum absolute atomic E-state index is 0.249. The highest BCUT2D eigenvalue weighted by molar-refractivity contribution is 8.00. The van der Waals surface area contributed by atoms with E-state index in [9.17, 15) is 5.26 Å². The van der Waals surface area contributed by atoms with Crippen molar-refractivity contribution < 1.29 is 0 Å². The first kappa shape index (κ1) is 13.2. The molecule has 1 unspecified atom stereocenters. The predicted octanol–water partition coefficient (Wildman–Crippen LogP) is 3.33. The van der Waals surface area contributed by atoms with E-state index < -0.39 is 0 Å². The number of thioether (sulfide) groups is 1. The van der Waals surface area contributed by atoms with Gasteiger partial charge in [-0.3, -0.25) is 5.32 Å². The molecule has 2 fully saturated rings. The molecule has 1 atom stereocenters. The number of hydrogen-bond acceptors (Lipinski definition) is 3. The van der Waals surface area contributed by atoms with Gasteiger partial charge in [-0.15, -0.1) is 0 Å². The molecule has 1 N–H and O–H groups in total. The molecule has 3 heteroatoms. The van der Waals surface area contributed by atoms with Crippen LogP contribution in [0.15, 0.2) is 0 Å². The Morgan fingerprint density at radius 1 is 1.29 bits per heavy atom. The molecule has 17 heavy (non-hydrogen) atoms. The molecule has 2 saturated carbocycles. The summed E-state index contributed by atoms with van der Waals surface area (Å²) in [6.45, 7) is 4.30. The van der Waals surface area contributed by atoms with Gasteiger partial charge in [0.1, 0.15) is 5.54 Å². The van der Waals surface area contributed by atoms with Crippen molar-refractivity contribution in [3.8, 4) is 6.07 Å². The SMILES string of the molecule is CC(C)NC(C#N)(CSC1CCCC1)C1CC1. The topological polar surface area (TPSA) is 35.8 Å². The maximum Gasteiger partial charge on any atom is 0.118 e. The smallest absolute Gasteiger partial charge is 0.118 e. The Kier molecular flexibility index (Phi) is 4.38. The van der Waals surface area contributed by atoms with Crippen molar-refractivity contribution >= 4 is 11.8 Å². The summed E-state index contributed by atoms with van der Waals surface area (Å²) in [6, 6.07) is 3.00. The van der Waals surface area contributed by atoms with Crippen molar-refractivity contribution in [2.45, 2.75) is 69.2 Å². The lowest BCUT2D eigenvalue weighted by molar-refractivity contribution is 0.370. The zero-order chi connectivity index (χ0) is 12.3. The first-order valence-electron chi connectivity index (χ1n) is 6.97. The lowest BCUT2D eigenvalue weighted by atomic mass is 9.96. The maximum atomic E-state index is 9.58. The fraction of sp³-hybridized carbons (Fsp3) is 0.929. The van der Waals surface area contributed by atoms with Gasteiger partial charge in [-0.25, -0.2) is 0 Å². The molecule has 2 aliphatic rings. The van der Waals surface area contributed by atoms with Crippen LogP contribution in [-0.2, 0) is 0 Å². The molecule has 0 aromatic heterocycles. The van der Waals surface area contributed by atoms with E-state index in [2.05, 4.69) is 25.2 Å². The number of nitrogens with zero attached hydrogens (tertiary/aromatic N) is 1. The van der Waals surface area contributed by atoms with Gasteiger partial charge in [0.2, 0.25) is 0 Å². The summed E-state index contributed by atoms with van der Waals surface area (Å²) in [5.41, 5.74) is -0.249. The second-order valence-electron chi connectivity index (χ2n) is 5.87. The van der Waals surface area contributed by atoms with Crippen LogP contribution >= 0.6 is 11.8 Å². The highest BCUT2D eigenvalue weighted by atomic mass is 32.2. The van der Waals surface area contributed by atoms with Crippen LogP contribution in [0.4, 0.5) is 0 Å². The van der Waals surface area contributed by atoms with Gasteiger partial charge in [-0.05, 0) is 45.4 Å². The second kappa shape index (κ2) is 5.63. The molecule has 2 rings (SSSR count). The Morgan fingerprint density at radius 3 is 2.41 bits per heavy atom. The molecule has 0 aromatic carbocycles. The molecule has 0 heterocycles. The Labute approximate surface area is 110 Å². The third kappa shape index (κ3) is 3.39. The first-order chi connectivity index (χ1) is 8.16. The summed E-state index contributed by atoms with van der Waals surface area (Å²) in [5, 5.41) is 13.9. The number of rotatable bonds is 6.